The molecule has 0 aliphatic rings. The summed E-state index contributed by atoms with van der Waals surface area (Å²) in [6.45, 7) is 0.939. The fourth-order valence-electron chi connectivity index (χ4n) is 2.48. The maximum Gasteiger partial charge on any atom is 0.119 e. The summed E-state index contributed by atoms with van der Waals surface area (Å²) < 4.78 is 5.34. The molecule has 3 nitrogen and oxygen atoms in total. The van der Waals surface area contributed by atoms with Gasteiger partial charge in [0.2, 0.25) is 0 Å². The van der Waals surface area contributed by atoms with Crippen LogP contribution in [-0.2, 0) is 6.54 Å². The van der Waals surface area contributed by atoms with E-state index in [9.17, 15) is 0 Å². The average molecular weight is 312 g/mol. The molecule has 0 aliphatic heterocycles. The minimum absolute atomic E-state index is 0.885. The highest BCUT2D eigenvalue weighted by Crippen LogP contribution is 2.36. The molecule has 0 unspecified atom stereocenters. The van der Waals surface area contributed by atoms with E-state index in [2.05, 4.69) is 66.6 Å². The van der Waals surface area contributed by atoms with Crippen LogP contribution in [0.4, 0.5) is 0 Å². The Morgan fingerprint density at radius 1 is 1.09 bits per heavy atom. The summed E-state index contributed by atoms with van der Waals surface area (Å²) in [6, 6.07) is 14.7. The summed E-state index contributed by atoms with van der Waals surface area (Å²) in [4.78, 5) is 8.04. The predicted molar refractivity (Wildman–Crippen MR) is 92.8 cm³/mol. The highest BCUT2D eigenvalue weighted by atomic mass is 32.2. The van der Waals surface area contributed by atoms with Crippen molar-refractivity contribution < 1.29 is 4.74 Å². The molecule has 0 saturated heterocycles. The second kappa shape index (κ2) is 6.46. The van der Waals surface area contributed by atoms with Gasteiger partial charge in [-0.15, -0.1) is 0 Å². The van der Waals surface area contributed by atoms with Crippen molar-refractivity contribution >= 4 is 22.7 Å². The van der Waals surface area contributed by atoms with Crippen molar-refractivity contribution in [3.8, 4) is 5.75 Å². The van der Waals surface area contributed by atoms with Crippen molar-refractivity contribution in [3.63, 3.8) is 0 Å². The summed E-state index contributed by atoms with van der Waals surface area (Å²) in [7, 11) is 5.89. The van der Waals surface area contributed by atoms with E-state index < -0.39 is 0 Å². The molecule has 1 heterocycles. The van der Waals surface area contributed by atoms with Crippen molar-refractivity contribution in [2.45, 2.75) is 16.3 Å². The number of nitrogens with zero attached hydrogens (tertiary/aromatic N) is 1. The maximum atomic E-state index is 5.34. The highest BCUT2D eigenvalue weighted by molar-refractivity contribution is 7.99. The zero-order valence-corrected chi connectivity index (χ0v) is 13.9. The fraction of sp³-hybridized carbons (Fsp3) is 0.222. The van der Waals surface area contributed by atoms with Crippen LogP contribution in [0.25, 0.3) is 10.9 Å². The third-order valence-corrected chi connectivity index (χ3v) is 4.71. The smallest absolute Gasteiger partial charge is 0.119 e. The third-order valence-electron chi connectivity index (χ3n) is 3.53. The molecule has 3 rings (SSSR count). The van der Waals surface area contributed by atoms with Crippen molar-refractivity contribution in [2.24, 2.45) is 0 Å². The summed E-state index contributed by atoms with van der Waals surface area (Å²) in [5.74, 6) is 0.885. The predicted octanol–water partition coefficient (Wildman–Crippen LogP) is 4.39. The molecule has 1 N–H and O–H groups in total. The molecule has 0 amide bonds. The summed E-state index contributed by atoms with van der Waals surface area (Å²) in [6.07, 6.45) is 2.07. The van der Waals surface area contributed by atoms with E-state index in [4.69, 9.17) is 4.74 Å². The van der Waals surface area contributed by atoms with Crippen LogP contribution >= 0.6 is 11.8 Å². The Bertz CT molecular complexity index is 780. The van der Waals surface area contributed by atoms with Crippen molar-refractivity contribution in [3.05, 3.63) is 54.2 Å². The molecule has 0 aliphatic carbocycles. The lowest BCUT2D eigenvalue weighted by molar-refractivity contribution is 0.399. The first-order chi connectivity index (χ1) is 10.7. The largest absolute Gasteiger partial charge is 0.497 e. The van der Waals surface area contributed by atoms with Gasteiger partial charge in [-0.05, 0) is 43.9 Å². The van der Waals surface area contributed by atoms with E-state index in [0.29, 0.717) is 0 Å². The van der Waals surface area contributed by atoms with Gasteiger partial charge in [-0.2, -0.15) is 0 Å². The van der Waals surface area contributed by atoms with E-state index in [-0.39, 0.29) is 0 Å². The number of rotatable bonds is 5. The molecule has 0 radical (unpaired) electrons. The van der Waals surface area contributed by atoms with Gasteiger partial charge >= 0.3 is 0 Å². The average Bonchev–Trinajstić information content (AvgIpc) is 2.91. The zero-order valence-electron chi connectivity index (χ0n) is 13.1. The van der Waals surface area contributed by atoms with Gasteiger partial charge in [-0.25, -0.2) is 0 Å². The second-order valence-corrected chi connectivity index (χ2v) is 6.60. The van der Waals surface area contributed by atoms with E-state index in [1.807, 2.05) is 6.07 Å². The number of ether oxygens (including phenoxy) is 1. The fourth-order valence-corrected chi connectivity index (χ4v) is 3.52. The van der Waals surface area contributed by atoms with Crippen LogP contribution in [0.2, 0.25) is 0 Å². The van der Waals surface area contributed by atoms with Gasteiger partial charge in [0.1, 0.15) is 5.75 Å². The van der Waals surface area contributed by atoms with Crippen molar-refractivity contribution in [2.75, 3.05) is 21.2 Å². The lowest BCUT2D eigenvalue weighted by atomic mass is 10.2. The Morgan fingerprint density at radius 2 is 1.91 bits per heavy atom. The molecular weight excluding hydrogens is 292 g/mol. The molecule has 2 aromatic carbocycles. The lowest BCUT2D eigenvalue weighted by Crippen LogP contribution is -2.11. The number of fused-ring (bicyclic) bond motifs is 1. The normalized spacial score (nSPS) is 11.3. The number of nitrogens with one attached hydrogen (secondary N) is 1. The van der Waals surface area contributed by atoms with Gasteiger partial charge in [0.15, 0.2) is 0 Å². The molecule has 1 aromatic heterocycles. The maximum absolute atomic E-state index is 5.34. The number of hydrogen-bond acceptors (Lipinski definition) is 3. The first kappa shape index (κ1) is 15.0. The molecule has 0 bridgehead atoms. The van der Waals surface area contributed by atoms with E-state index in [1.165, 1.54) is 20.7 Å². The minimum Gasteiger partial charge on any atom is -0.497 e. The number of methoxy groups -OCH3 is 1. The standard InChI is InChI=1S/C18H20N2OS/c1-20(2)12-13-6-4-5-7-17(13)22-18-11-19-16-9-8-14(21-3)10-15(16)18/h4-11,19H,12H2,1-3H3. The van der Waals surface area contributed by atoms with Crippen LogP contribution in [0.5, 0.6) is 5.75 Å². The van der Waals surface area contributed by atoms with Crippen molar-refractivity contribution in [1.82, 2.24) is 9.88 Å². The quantitative estimate of drug-likeness (QED) is 0.757. The topological polar surface area (TPSA) is 28.3 Å². The molecular formula is C18H20N2OS. The Labute approximate surface area is 135 Å². The molecule has 0 atom stereocenters. The van der Waals surface area contributed by atoms with Crippen LogP contribution in [0.1, 0.15) is 5.56 Å². The molecule has 114 valence electrons. The van der Waals surface area contributed by atoms with Crippen LogP contribution in [0.3, 0.4) is 0 Å². The van der Waals surface area contributed by atoms with Gasteiger partial charge in [-0.1, -0.05) is 30.0 Å². The Balaban J connectivity index is 1.96. The van der Waals surface area contributed by atoms with E-state index in [1.54, 1.807) is 18.9 Å². The molecule has 0 fully saturated rings. The summed E-state index contributed by atoms with van der Waals surface area (Å²) >= 11 is 1.80. The van der Waals surface area contributed by atoms with Gasteiger partial charge in [0, 0.05) is 33.4 Å². The monoisotopic (exact) mass is 312 g/mol. The number of hydrogen-bond donors (Lipinski definition) is 1. The Morgan fingerprint density at radius 3 is 2.68 bits per heavy atom. The molecule has 3 aromatic rings. The second-order valence-electron chi connectivity index (χ2n) is 5.51. The Hall–Kier alpha value is -1.91. The van der Waals surface area contributed by atoms with Crippen LogP contribution in [-0.4, -0.2) is 31.1 Å². The summed E-state index contributed by atoms with van der Waals surface area (Å²) in [5.41, 5.74) is 2.48. The zero-order chi connectivity index (χ0) is 15.5. The molecule has 0 spiro atoms. The molecule has 22 heavy (non-hydrogen) atoms. The van der Waals surface area contributed by atoms with Crippen LogP contribution in [0.15, 0.2) is 58.5 Å². The Kier molecular flexibility index (Phi) is 4.41. The number of benzene rings is 2. The number of aromatic nitrogens is 1. The van der Waals surface area contributed by atoms with E-state index >= 15 is 0 Å². The molecule has 4 heteroatoms. The van der Waals surface area contributed by atoms with Gasteiger partial charge in [-0.3, -0.25) is 0 Å². The lowest BCUT2D eigenvalue weighted by Gasteiger charge is -2.13. The molecule has 0 saturated carbocycles. The SMILES string of the molecule is COc1ccc2[nH]cc(Sc3ccccc3CN(C)C)c2c1. The van der Waals surface area contributed by atoms with Gasteiger partial charge in [0.25, 0.3) is 0 Å². The van der Waals surface area contributed by atoms with Crippen LogP contribution in [0, 0.1) is 0 Å². The number of H-pyrrole nitrogens is 1. The van der Waals surface area contributed by atoms with E-state index in [0.717, 1.165) is 17.8 Å². The summed E-state index contributed by atoms with van der Waals surface area (Å²) in [5, 5.41) is 1.20. The third kappa shape index (κ3) is 3.13. The number of aromatic amines is 1. The van der Waals surface area contributed by atoms with Crippen molar-refractivity contribution in [1.29, 1.82) is 0 Å². The van der Waals surface area contributed by atoms with Gasteiger partial charge < -0.3 is 14.6 Å². The minimum atomic E-state index is 0.885. The first-order valence-electron chi connectivity index (χ1n) is 7.23. The van der Waals surface area contributed by atoms with Gasteiger partial charge in [0.05, 0.1) is 7.11 Å². The van der Waals surface area contributed by atoms with Crippen LogP contribution < -0.4 is 4.74 Å². The first-order valence-corrected chi connectivity index (χ1v) is 8.04. The highest BCUT2D eigenvalue weighted by Gasteiger charge is 2.10.